The number of aromatic nitrogens is 3. The van der Waals surface area contributed by atoms with Crippen LogP contribution >= 0.6 is 0 Å². The molecule has 2 aromatic heterocycles. The molecule has 10 nitrogen and oxygen atoms in total. The number of hydrogen-bond acceptors (Lipinski definition) is 6. The Kier molecular flexibility index (Phi) is 8.46. The van der Waals surface area contributed by atoms with Crippen LogP contribution in [0.4, 0.5) is 11.6 Å². The number of anilines is 2. The van der Waals surface area contributed by atoms with E-state index in [1.807, 2.05) is 67.6 Å². The molecule has 2 aromatic carbocycles. The first kappa shape index (κ1) is 27.5. The van der Waals surface area contributed by atoms with E-state index < -0.39 is 5.91 Å². The Hall–Kier alpha value is -5.56. The number of fused-ring (bicyclic) bond motifs is 2. The number of aryl methyl sites for hydroxylation is 1. The zero-order valence-electron chi connectivity index (χ0n) is 22.0. The number of para-hydroxylation sites is 1. The molecule has 10 heteroatoms. The normalized spacial score (nSPS) is 11.2. The van der Waals surface area contributed by atoms with Crippen molar-refractivity contribution in [3.63, 3.8) is 0 Å². The molecule has 0 bridgehead atoms. The first-order chi connectivity index (χ1) is 19.3. The molecular weight excluding hydrogens is 506 g/mol. The quantitative estimate of drug-likeness (QED) is 0.228. The molecule has 0 spiro atoms. The summed E-state index contributed by atoms with van der Waals surface area (Å²) in [6.45, 7) is 6.27. The summed E-state index contributed by atoms with van der Waals surface area (Å²) in [5.41, 5.74) is 13.3. The van der Waals surface area contributed by atoms with Crippen molar-refractivity contribution < 1.29 is 9.59 Å². The number of carbonyl (C=O) groups is 2. The Morgan fingerprint density at radius 2 is 1.98 bits per heavy atom. The molecule has 0 saturated heterocycles. The number of rotatable bonds is 5. The number of hydrogen-bond donors (Lipinski definition) is 4. The van der Waals surface area contributed by atoms with Crippen molar-refractivity contribution in [2.75, 3.05) is 24.1 Å². The second-order valence-electron chi connectivity index (χ2n) is 8.64. The zero-order valence-corrected chi connectivity index (χ0v) is 22.0. The van der Waals surface area contributed by atoms with Crippen LogP contribution in [0.3, 0.4) is 0 Å². The standard InChI is InChI=1S/C23H20N2O2.C7H9N5O/c1-3-19-16-18-11-8-10-17(12-9-15-24-21(26)4-2)22(18)23(27)25(19)20-13-6-5-7-14-20;8-5-4(6(9)13)7-10-2-1-3-12(7)11-5/h4-8,10-11,13-14,16H,2-3,15H2,1H3,(H,24,26);1,3,10H,2H2,(H2,8,11)(H2,9,13). The van der Waals surface area contributed by atoms with E-state index in [2.05, 4.69) is 34.2 Å². The lowest BCUT2D eigenvalue weighted by atomic mass is 10.0. The Morgan fingerprint density at radius 1 is 1.20 bits per heavy atom. The van der Waals surface area contributed by atoms with E-state index >= 15 is 0 Å². The maximum atomic E-state index is 13.3. The van der Waals surface area contributed by atoms with Crippen LogP contribution in [0.15, 0.2) is 78.1 Å². The molecule has 1 aliphatic heterocycles. The van der Waals surface area contributed by atoms with E-state index in [1.54, 1.807) is 10.8 Å². The molecule has 0 saturated carbocycles. The molecule has 40 heavy (non-hydrogen) atoms. The summed E-state index contributed by atoms with van der Waals surface area (Å²) in [4.78, 5) is 35.5. The van der Waals surface area contributed by atoms with Crippen molar-refractivity contribution in [2.45, 2.75) is 13.3 Å². The van der Waals surface area contributed by atoms with Crippen LogP contribution < -0.4 is 27.7 Å². The van der Waals surface area contributed by atoms with E-state index in [0.717, 1.165) is 23.2 Å². The monoisotopic (exact) mass is 535 g/mol. The van der Waals surface area contributed by atoms with Gasteiger partial charge < -0.3 is 22.1 Å². The molecular formula is C30H29N7O3. The third-order valence-electron chi connectivity index (χ3n) is 6.08. The number of nitrogens with zero attached hydrogens (tertiary/aromatic N) is 3. The van der Waals surface area contributed by atoms with Crippen molar-refractivity contribution in [1.29, 1.82) is 0 Å². The van der Waals surface area contributed by atoms with E-state index in [0.29, 0.717) is 23.3 Å². The van der Waals surface area contributed by atoms with Crippen molar-refractivity contribution in [2.24, 2.45) is 5.73 Å². The van der Waals surface area contributed by atoms with Gasteiger partial charge in [0, 0.05) is 29.7 Å². The predicted octanol–water partition coefficient (Wildman–Crippen LogP) is 2.67. The summed E-state index contributed by atoms with van der Waals surface area (Å²) in [5.74, 6) is 5.78. The molecule has 0 aliphatic carbocycles. The number of carbonyl (C=O) groups excluding carboxylic acids is 2. The average Bonchev–Trinajstić information content (AvgIpc) is 3.31. The molecule has 0 atom stereocenters. The summed E-state index contributed by atoms with van der Waals surface area (Å²) in [5, 5.41) is 10.9. The summed E-state index contributed by atoms with van der Waals surface area (Å²) in [6, 6.07) is 17.3. The first-order valence-electron chi connectivity index (χ1n) is 12.6. The topological polar surface area (TPSA) is 150 Å². The smallest absolute Gasteiger partial charge is 0.264 e. The Morgan fingerprint density at radius 3 is 2.67 bits per heavy atom. The summed E-state index contributed by atoms with van der Waals surface area (Å²) < 4.78 is 3.24. The molecule has 1 aliphatic rings. The Bertz CT molecular complexity index is 1740. The van der Waals surface area contributed by atoms with Gasteiger partial charge in [0.1, 0.15) is 11.4 Å². The lowest BCUT2D eigenvalue weighted by Crippen LogP contribution is -2.22. The van der Waals surface area contributed by atoms with Gasteiger partial charge in [0.15, 0.2) is 5.82 Å². The fraction of sp³-hybridized carbons (Fsp3) is 0.133. The van der Waals surface area contributed by atoms with Crippen LogP contribution in [0.5, 0.6) is 0 Å². The van der Waals surface area contributed by atoms with Crippen LogP contribution in [0.1, 0.15) is 28.5 Å². The van der Waals surface area contributed by atoms with Gasteiger partial charge in [0.25, 0.3) is 11.5 Å². The molecule has 2 amide bonds. The summed E-state index contributed by atoms with van der Waals surface area (Å²) >= 11 is 0. The van der Waals surface area contributed by atoms with Crippen molar-refractivity contribution in [3.8, 4) is 17.5 Å². The van der Waals surface area contributed by atoms with E-state index in [1.165, 1.54) is 10.8 Å². The van der Waals surface area contributed by atoms with E-state index in [-0.39, 0.29) is 29.4 Å². The number of benzene rings is 2. The third-order valence-corrected chi connectivity index (χ3v) is 6.08. The van der Waals surface area contributed by atoms with Crippen LogP contribution in [-0.2, 0) is 11.2 Å². The van der Waals surface area contributed by atoms with Gasteiger partial charge in [-0.1, -0.05) is 55.7 Å². The van der Waals surface area contributed by atoms with Crippen LogP contribution in [-0.4, -0.2) is 39.3 Å². The number of primary amides is 1. The predicted molar refractivity (Wildman–Crippen MR) is 158 cm³/mol. The second-order valence-corrected chi connectivity index (χ2v) is 8.64. The number of pyridine rings is 1. The molecule has 0 unspecified atom stereocenters. The van der Waals surface area contributed by atoms with Gasteiger partial charge in [-0.25, -0.2) is 4.68 Å². The zero-order chi connectivity index (χ0) is 28.6. The van der Waals surface area contributed by atoms with E-state index in [4.69, 9.17) is 11.5 Å². The molecule has 6 N–H and O–H groups in total. The maximum Gasteiger partial charge on any atom is 0.264 e. The van der Waals surface area contributed by atoms with Crippen molar-refractivity contribution in [1.82, 2.24) is 19.7 Å². The van der Waals surface area contributed by atoms with E-state index in [9.17, 15) is 14.4 Å². The fourth-order valence-corrected chi connectivity index (χ4v) is 4.26. The third kappa shape index (κ3) is 5.79. The van der Waals surface area contributed by atoms with Gasteiger partial charge in [-0.2, -0.15) is 0 Å². The number of nitrogen functional groups attached to an aromatic ring is 1. The minimum atomic E-state index is -0.568. The minimum Gasteiger partial charge on any atom is -0.381 e. The highest BCUT2D eigenvalue weighted by atomic mass is 16.2. The highest BCUT2D eigenvalue weighted by Crippen LogP contribution is 2.23. The molecule has 3 heterocycles. The second kappa shape index (κ2) is 12.3. The van der Waals surface area contributed by atoms with Gasteiger partial charge in [-0.05, 0) is 48.2 Å². The first-order valence-corrected chi connectivity index (χ1v) is 12.6. The van der Waals surface area contributed by atoms with Crippen LogP contribution in [0.2, 0.25) is 0 Å². The highest BCUT2D eigenvalue weighted by molar-refractivity contribution is 6.02. The molecule has 0 fully saturated rings. The number of nitrogens with two attached hydrogens (primary N) is 2. The lowest BCUT2D eigenvalue weighted by molar-refractivity contribution is -0.116. The van der Waals surface area contributed by atoms with Crippen molar-refractivity contribution in [3.05, 3.63) is 101 Å². The summed E-state index contributed by atoms with van der Waals surface area (Å²) in [6.07, 6.45) is 5.53. The lowest BCUT2D eigenvalue weighted by Gasteiger charge is -2.14. The van der Waals surface area contributed by atoms with Gasteiger partial charge in [-0.3, -0.25) is 19.0 Å². The van der Waals surface area contributed by atoms with Gasteiger partial charge >= 0.3 is 0 Å². The Labute approximate surface area is 231 Å². The van der Waals surface area contributed by atoms with Crippen LogP contribution in [0, 0.1) is 11.8 Å². The SMILES string of the molecule is C=CC(=O)NCC#Cc1cccc2cc(CC)n(-c3ccccc3)c(=O)c12.NC(=O)c1c(N)nn2c1NCC=C2. The van der Waals surface area contributed by atoms with Gasteiger partial charge in [0.05, 0.1) is 11.9 Å². The minimum absolute atomic E-state index is 0.0874. The van der Waals surface area contributed by atoms with Gasteiger partial charge in [-0.15, -0.1) is 5.10 Å². The summed E-state index contributed by atoms with van der Waals surface area (Å²) in [7, 11) is 0. The van der Waals surface area contributed by atoms with Crippen molar-refractivity contribution >= 4 is 40.4 Å². The molecule has 5 rings (SSSR count). The van der Waals surface area contributed by atoms with Crippen LogP contribution in [0.25, 0.3) is 22.7 Å². The molecule has 202 valence electrons. The van der Waals surface area contributed by atoms with Gasteiger partial charge in [0.2, 0.25) is 5.91 Å². The molecule has 0 radical (unpaired) electrons. The fourth-order valence-electron chi connectivity index (χ4n) is 4.26. The highest BCUT2D eigenvalue weighted by Gasteiger charge is 2.20. The Balaban J connectivity index is 0.000000236. The average molecular weight is 536 g/mol. The number of nitrogens with one attached hydrogen (secondary N) is 2. The largest absolute Gasteiger partial charge is 0.381 e. The maximum absolute atomic E-state index is 13.3. The molecule has 4 aromatic rings. The number of amides is 2.